The Morgan fingerprint density at radius 1 is 1.12 bits per heavy atom. The first-order valence-corrected chi connectivity index (χ1v) is 8.72. The molecule has 1 aromatic carbocycles. The first kappa shape index (κ1) is 15.8. The monoisotopic (exact) mass is 334 g/mol. The molecule has 0 aliphatic carbocycles. The molecule has 1 atom stereocenters. The fraction of sp³-hybridized carbons (Fsp3) is 0.350. The molecule has 4 rings (SSSR count). The first-order valence-electron chi connectivity index (χ1n) is 8.72. The Labute approximate surface area is 147 Å². The van der Waals surface area contributed by atoms with Crippen LogP contribution in [0.2, 0.25) is 0 Å². The van der Waals surface area contributed by atoms with E-state index in [0.717, 1.165) is 30.9 Å². The van der Waals surface area contributed by atoms with Crippen LogP contribution in [0.4, 0.5) is 5.82 Å². The summed E-state index contributed by atoms with van der Waals surface area (Å²) in [5, 5.41) is 3.92. The summed E-state index contributed by atoms with van der Waals surface area (Å²) in [6, 6.07) is 14.7. The maximum absolute atomic E-state index is 5.39. The van der Waals surface area contributed by atoms with E-state index in [1.165, 1.54) is 12.0 Å². The second-order valence-electron chi connectivity index (χ2n) is 6.97. The SMILES string of the molecule is Cc1noc(-c2cccnc2N2CCCC(C)(c3ccccc3)C2)n1. The number of aromatic nitrogens is 3. The highest BCUT2D eigenvalue weighted by atomic mass is 16.5. The van der Waals surface area contributed by atoms with Crippen LogP contribution >= 0.6 is 0 Å². The summed E-state index contributed by atoms with van der Waals surface area (Å²) in [5.74, 6) is 2.10. The smallest absolute Gasteiger partial charge is 0.261 e. The number of nitrogens with zero attached hydrogens (tertiary/aromatic N) is 4. The van der Waals surface area contributed by atoms with Gasteiger partial charge in [-0.3, -0.25) is 0 Å². The molecule has 0 amide bonds. The molecule has 0 radical (unpaired) electrons. The molecule has 0 bridgehead atoms. The van der Waals surface area contributed by atoms with E-state index in [0.29, 0.717) is 11.7 Å². The van der Waals surface area contributed by atoms with Crippen molar-refractivity contribution in [2.24, 2.45) is 0 Å². The number of benzene rings is 1. The Morgan fingerprint density at radius 2 is 1.96 bits per heavy atom. The highest BCUT2D eigenvalue weighted by molar-refractivity contribution is 5.70. The van der Waals surface area contributed by atoms with Crippen LogP contribution in [-0.4, -0.2) is 28.2 Å². The quantitative estimate of drug-likeness (QED) is 0.725. The number of piperidine rings is 1. The van der Waals surface area contributed by atoms with Gasteiger partial charge >= 0.3 is 0 Å². The van der Waals surface area contributed by atoms with Gasteiger partial charge < -0.3 is 9.42 Å². The van der Waals surface area contributed by atoms with Crippen molar-refractivity contribution in [2.45, 2.75) is 32.1 Å². The predicted molar refractivity (Wildman–Crippen MR) is 97.5 cm³/mol. The van der Waals surface area contributed by atoms with Crippen LogP contribution in [0.1, 0.15) is 31.2 Å². The lowest BCUT2D eigenvalue weighted by Gasteiger charge is -2.42. The Bertz CT molecular complexity index is 861. The van der Waals surface area contributed by atoms with Crippen LogP contribution in [0.15, 0.2) is 53.2 Å². The van der Waals surface area contributed by atoms with Crippen LogP contribution in [0.5, 0.6) is 0 Å². The molecule has 2 aromatic heterocycles. The average Bonchev–Trinajstić information content (AvgIpc) is 3.09. The molecule has 0 saturated carbocycles. The minimum absolute atomic E-state index is 0.110. The van der Waals surface area contributed by atoms with E-state index in [2.05, 4.69) is 57.3 Å². The summed E-state index contributed by atoms with van der Waals surface area (Å²) < 4.78 is 5.39. The predicted octanol–water partition coefficient (Wildman–Crippen LogP) is 4.00. The Morgan fingerprint density at radius 3 is 2.72 bits per heavy atom. The van der Waals surface area contributed by atoms with E-state index < -0.39 is 0 Å². The minimum atomic E-state index is 0.110. The normalized spacial score (nSPS) is 20.6. The largest absolute Gasteiger partial charge is 0.355 e. The van der Waals surface area contributed by atoms with E-state index in [4.69, 9.17) is 4.52 Å². The summed E-state index contributed by atoms with van der Waals surface area (Å²) in [4.78, 5) is 11.4. The zero-order valence-electron chi connectivity index (χ0n) is 14.6. The Kier molecular flexibility index (Phi) is 3.99. The number of hydrogen-bond acceptors (Lipinski definition) is 5. The molecule has 5 heteroatoms. The van der Waals surface area contributed by atoms with Gasteiger partial charge in [-0.05, 0) is 37.5 Å². The van der Waals surface area contributed by atoms with Gasteiger partial charge in [-0.1, -0.05) is 42.4 Å². The number of aryl methyl sites for hydroxylation is 1. The maximum atomic E-state index is 5.39. The standard InChI is InChI=1S/C20H22N4O/c1-15-22-19(25-23-15)17-10-6-12-21-18(17)24-13-7-11-20(2,14-24)16-8-4-3-5-9-16/h3-6,8-10,12H,7,11,13-14H2,1-2H3. The zero-order valence-corrected chi connectivity index (χ0v) is 14.6. The van der Waals surface area contributed by atoms with Crippen LogP contribution in [0.25, 0.3) is 11.5 Å². The van der Waals surface area contributed by atoms with Crippen molar-refractivity contribution >= 4 is 5.82 Å². The lowest BCUT2D eigenvalue weighted by atomic mass is 9.76. The van der Waals surface area contributed by atoms with Gasteiger partial charge in [0.05, 0.1) is 5.56 Å². The minimum Gasteiger partial charge on any atom is -0.355 e. The second-order valence-corrected chi connectivity index (χ2v) is 6.97. The average molecular weight is 334 g/mol. The Hall–Kier alpha value is -2.69. The Balaban J connectivity index is 1.69. The summed E-state index contributed by atoms with van der Waals surface area (Å²) in [6.07, 6.45) is 4.14. The van der Waals surface area contributed by atoms with E-state index in [9.17, 15) is 0 Å². The van der Waals surface area contributed by atoms with Gasteiger partial charge in [0.25, 0.3) is 5.89 Å². The van der Waals surface area contributed by atoms with Crippen molar-refractivity contribution in [2.75, 3.05) is 18.0 Å². The van der Waals surface area contributed by atoms with Gasteiger partial charge in [0.1, 0.15) is 5.82 Å². The van der Waals surface area contributed by atoms with Gasteiger partial charge in [-0.15, -0.1) is 0 Å². The molecule has 5 nitrogen and oxygen atoms in total. The first-order chi connectivity index (χ1) is 12.2. The number of anilines is 1. The van der Waals surface area contributed by atoms with Gasteiger partial charge in [-0.2, -0.15) is 4.98 Å². The number of rotatable bonds is 3. The van der Waals surface area contributed by atoms with Gasteiger partial charge in [0.15, 0.2) is 5.82 Å². The number of hydrogen-bond donors (Lipinski definition) is 0. The third-order valence-corrected chi connectivity index (χ3v) is 5.01. The van der Waals surface area contributed by atoms with Crippen molar-refractivity contribution in [3.05, 3.63) is 60.0 Å². The van der Waals surface area contributed by atoms with Gasteiger partial charge in [-0.25, -0.2) is 4.98 Å². The highest BCUT2D eigenvalue weighted by Crippen LogP contribution is 2.37. The molecular weight excluding hydrogens is 312 g/mol. The summed E-state index contributed by atoms with van der Waals surface area (Å²) in [7, 11) is 0. The van der Waals surface area contributed by atoms with Crippen molar-refractivity contribution in [3.63, 3.8) is 0 Å². The van der Waals surface area contributed by atoms with Crippen LogP contribution in [-0.2, 0) is 5.41 Å². The lowest BCUT2D eigenvalue weighted by molar-refractivity contribution is 0.371. The molecule has 1 aliphatic rings. The molecule has 25 heavy (non-hydrogen) atoms. The number of pyridine rings is 1. The van der Waals surface area contributed by atoms with Crippen LogP contribution < -0.4 is 4.90 Å². The fourth-order valence-corrected chi connectivity index (χ4v) is 3.72. The third-order valence-electron chi connectivity index (χ3n) is 5.01. The van der Waals surface area contributed by atoms with Crippen molar-refractivity contribution < 1.29 is 4.52 Å². The molecule has 1 aliphatic heterocycles. The molecular formula is C20H22N4O. The van der Waals surface area contributed by atoms with Gasteiger partial charge in [0, 0.05) is 24.7 Å². The van der Waals surface area contributed by atoms with Crippen LogP contribution in [0.3, 0.4) is 0 Å². The third kappa shape index (κ3) is 3.02. The molecule has 3 aromatic rings. The van der Waals surface area contributed by atoms with Crippen LogP contribution in [0, 0.1) is 6.92 Å². The van der Waals surface area contributed by atoms with Crippen molar-refractivity contribution in [1.29, 1.82) is 0 Å². The summed E-state index contributed by atoms with van der Waals surface area (Å²) in [6.45, 7) is 6.08. The van der Waals surface area contributed by atoms with E-state index in [-0.39, 0.29) is 5.41 Å². The molecule has 3 heterocycles. The second kappa shape index (κ2) is 6.31. The maximum Gasteiger partial charge on any atom is 0.261 e. The fourth-order valence-electron chi connectivity index (χ4n) is 3.72. The molecule has 1 unspecified atom stereocenters. The highest BCUT2D eigenvalue weighted by Gasteiger charge is 2.34. The summed E-state index contributed by atoms with van der Waals surface area (Å²) in [5.41, 5.74) is 2.39. The molecule has 1 fully saturated rings. The lowest BCUT2D eigenvalue weighted by Crippen LogP contribution is -2.45. The zero-order chi connectivity index (χ0) is 17.3. The van der Waals surface area contributed by atoms with E-state index in [1.807, 2.05) is 25.3 Å². The molecule has 0 N–H and O–H groups in total. The van der Waals surface area contributed by atoms with Crippen molar-refractivity contribution in [3.8, 4) is 11.5 Å². The van der Waals surface area contributed by atoms with Gasteiger partial charge in [0.2, 0.25) is 0 Å². The molecule has 128 valence electrons. The molecule has 1 saturated heterocycles. The summed E-state index contributed by atoms with van der Waals surface area (Å²) >= 11 is 0. The van der Waals surface area contributed by atoms with E-state index >= 15 is 0 Å². The molecule has 0 spiro atoms. The van der Waals surface area contributed by atoms with E-state index in [1.54, 1.807) is 0 Å². The topological polar surface area (TPSA) is 55.1 Å². The van der Waals surface area contributed by atoms with Crippen molar-refractivity contribution in [1.82, 2.24) is 15.1 Å².